The number of benzene rings is 6. The van der Waals surface area contributed by atoms with Crippen LogP contribution in [0.15, 0.2) is 150 Å². The molecule has 0 amide bonds. The molecule has 0 spiro atoms. The fourth-order valence-electron chi connectivity index (χ4n) is 7.14. The number of fused-ring (bicyclic) bond motifs is 3. The van der Waals surface area contributed by atoms with Gasteiger partial charge < -0.3 is 4.42 Å². The van der Waals surface area contributed by atoms with E-state index in [-0.39, 0.29) is 5.41 Å². The summed E-state index contributed by atoms with van der Waals surface area (Å²) in [5, 5.41) is 11.4. The van der Waals surface area contributed by atoms with Gasteiger partial charge in [0.25, 0.3) is 0 Å². The Morgan fingerprint density at radius 2 is 1.00 bits per heavy atom. The van der Waals surface area contributed by atoms with Crippen LogP contribution in [-0.2, 0) is 5.41 Å². The van der Waals surface area contributed by atoms with Gasteiger partial charge in [0.2, 0.25) is 11.8 Å². The van der Waals surface area contributed by atoms with Crippen LogP contribution < -0.4 is 0 Å². The highest BCUT2D eigenvalue weighted by atomic mass is 16.4. The lowest BCUT2D eigenvalue weighted by Gasteiger charge is -2.20. The van der Waals surface area contributed by atoms with Crippen molar-refractivity contribution in [2.75, 3.05) is 0 Å². The maximum atomic E-state index is 6.29. The zero-order valence-electron chi connectivity index (χ0n) is 27.6. The Morgan fingerprint density at radius 1 is 0.449 bits per heavy atom. The lowest BCUT2D eigenvalue weighted by Crippen LogP contribution is -2.10. The van der Waals surface area contributed by atoms with Crippen LogP contribution in [0, 0.1) is 0 Å². The van der Waals surface area contributed by atoms with E-state index in [4.69, 9.17) is 9.40 Å². The van der Waals surface area contributed by atoms with Crippen LogP contribution >= 0.6 is 0 Å². The zero-order valence-corrected chi connectivity index (χ0v) is 27.6. The Balaban J connectivity index is 1.25. The molecule has 8 aromatic rings. The molecule has 2 aromatic heterocycles. The van der Waals surface area contributed by atoms with E-state index in [1.54, 1.807) is 0 Å². The number of rotatable bonds is 5. The lowest BCUT2D eigenvalue weighted by atomic mass is 9.87. The minimum absolute atomic E-state index is 0.0683. The van der Waals surface area contributed by atoms with Gasteiger partial charge in [-0.05, 0) is 62.7 Å². The summed E-state index contributed by atoms with van der Waals surface area (Å²) >= 11 is 0. The van der Waals surface area contributed by atoms with Crippen LogP contribution in [0.2, 0.25) is 0 Å². The first kappa shape index (κ1) is 29.0. The van der Waals surface area contributed by atoms with Gasteiger partial charge in [0.05, 0.1) is 11.4 Å². The topological polar surface area (TPSA) is 51.8 Å². The second-order valence-corrected chi connectivity index (χ2v) is 13.7. The van der Waals surface area contributed by atoms with E-state index in [9.17, 15) is 0 Å². The molecule has 4 nitrogen and oxygen atoms in total. The maximum Gasteiger partial charge on any atom is 0.248 e. The number of hydrogen-bond donors (Lipinski definition) is 0. The van der Waals surface area contributed by atoms with Crippen molar-refractivity contribution in [3.63, 3.8) is 0 Å². The largest absolute Gasteiger partial charge is 0.416 e. The van der Waals surface area contributed by atoms with E-state index in [2.05, 4.69) is 164 Å². The predicted octanol–water partition coefficient (Wildman–Crippen LogP) is 11.9. The maximum absolute atomic E-state index is 6.29. The molecule has 9 rings (SSSR count). The van der Waals surface area contributed by atoms with Crippen LogP contribution in [0.1, 0.15) is 26.3 Å². The molecule has 0 saturated heterocycles. The molecule has 0 unspecified atom stereocenters. The van der Waals surface area contributed by atoms with Crippen LogP contribution in [0.25, 0.3) is 89.6 Å². The molecular weight excluding hydrogens is 599 g/mol. The van der Waals surface area contributed by atoms with E-state index in [1.165, 1.54) is 38.6 Å². The molecule has 0 atom stereocenters. The highest BCUT2D eigenvalue weighted by molar-refractivity contribution is 6.21. The molecule has 4 heteroatoms. The smallest absolute Gasteiger partial charge is 0.248 e. The third kappa shape index (κ3) is 4.87. The first-order chi connectivity index (χ1) is 23.9. The minimum atomic E-state index is 0.0683. The highest BCUT2D eigenvalue weighted by Gasteiger charge is 2.31. The van der Waals surface area contributed by atoms with Gasteiger partial charge in [-0.25, -0.2) is 4.98 Å². The first-order valence-corrected chi connectivity index (χ1v) is 16.7. The van der Waals surface area contributed by atoms with E-state index in [0.29, 0.717) is 11.8 Å². The number of hydrogen-bond acceptors (Lipinski definition) is 4. The molecule has 0 saturated carbocycles. The van der Waals surface area contributed by atoms with Gasteiger partial charge in [-0.2, -0.15) is 0 Å². The molecule has 0 aliphatic heterocycles. The molecule has 6 aromatic carbocycles. The molecule has 234 valence electrons. The van der Waals surface area contributed by atoms with Crippen LogP contribution in [-0.4, -0.2) is 15.2 Å². The number of nitrogens with zero attached hydrogens (tertiary/aromatic N) is 3. The van der Waals surface area contributed by atoms with E-state index in [0.717, 1.165) is 44.8 Å². The normalized spacial score (nSPS) is 12.0. The standard InChI is InChI=1S/C45H33N3O/c1-45(2,3)34-25-23-31(24-26-34)43-47-48-44(49-43)33-20-10-19-32(27-33)42-38(29-13-6-4-7-14-29)39-35-21-11-17-28-18-12-22-36(37(28)35)40(39)41(46-42)30-15-8-5-9-16-30/h4-27H,1-3H3. The van der Waals surface area contributed by atoms with Crippen molar-refractivity contribution in [3.05, 3.63) is 151 Å². The fourth-order valence-corrected chi connectivity index (χ4v) is 7.14. The third-order valence-electron chi connectivity index (χ3n) is 9.56. The summed E-state index contributed by atoms with van der Waals surface area (Å²) in [6.45, 7) is 6.63. The Bertz CT molecular complexity index is 2500. The summed E-state index contributed by atoms with van der Waals surface area (Å²) in [4.78, 5) is 5.58. The molecule has 0 bridgehead atoms. The molecule has 2 heterocycles. The summed E-state index contributed by atoms with van der Waals surface area (Å²) < 4.78 is 6.29. The van der Waals surface area contributed by atoms with Crippen molar-refractivity contribution >= 4 is 10.8 Å². The Hall–Kier alpha value is -6.13. The Labute approximate surface area is 285 Å². The van der Waals surface area contributed by atoms with Gasteiger partial charge in [0.15, 0.2) is 0 Å². The van der Waals surface area contributed by atoms with E-state index >= 15 is 0 Å². The number of aromatic nitrogens is 3. The zero-order chi connectivity index (χ0) is 33.1. The lowest BCUT2D eigenvalue weighted by molar-refractivity contribution is 0.582. The average molecular weight is 632 g/mol. The van der Waals surface area contributed by atoms with Gasteiger partial charge in [-0.3, -0.25) is 0 Å². The Kier molecular flexibility index (Phi) is 6.66. The second kappa shape index (κ2) is 11.2. The van der Waals surface area contributed by atoms with Crippen molar-refractivity contribution in [2.45, 2.75) is 26.2 Å². The monoisotopic (exact) mass is 631 g/mol. The van der Waals surface area contributed by atoms with Gasteiger partial charge in [0.1, 0.15) is 0 Å². The van der Waals surface area contributed by atoms with Crippen molar-refractivity contribution in [2.24, 2.45) is 0 Å². The van der Waals surface area contributed by atoms with E-state index < -0.39 is 0 Å². The van der Waals surface area contributed by atoms with Gasteiger partial charge in [0, 0.05) is 38.9 Å². The highest BCUT2D eigenvalue weighted by Crippen LogP contribution is 2.56. The van der Waals surface area contributed by atoms with Crippen molar-refractivity contribution in [1.82, 2.24) is 15.2 Å². The molecule has 0 radical (unpaired) electrons. The summed E-state index contributed by atoms with van der Waals surface area (Å²) in [5.74, 6) is 0.971. The minimum Gasteiger partial charge on any atom is -0.416 e. The van der Waals surface area contributed by atoms with Crippen LogP contribution in [0.3, 0.4) is 0 Å². The van der Waals surface area contributed by atoms with Crippen LogP contribution in [0.5, 0.6) is 0 Å². The average Bonchev–Trinajstić information content (AvgIpc) is 3.77. The first-order valence-electron chi connectivity index (χ1n) is 16.7. The summed E-state index contributed by atoms with van der Waals surface area (Å²) in [6.07, 6.45) is 0. The predicted molar refractivity (Wildman–Crippen MR) is 200 cm³/mol. The second-order valence-electron chi connectivity index (χ2n) is 13.7. The van der Waals surface area contributed by atoms with Gasteiger partial charge >= 0.3 is 0 Å². The summed E-state index contributed by atoms with van der Waals surface area (Å²) in [7, 11) is 0. The fraction of sp³-hybridized carbons (Fsp3) is 0.0889. The molecule has 49 heavy (non-hydrogen) atoms. The quantitative estimate of drug-likeness (QED) is 0.190. The number of pyridine rings is 1. The summed E-state index contributed by atoms with van der Waals surface area (Å²) in [6, 6.07) is 51.1. The Morgan fingerprint density at radius 3 is 1.67 bits per heavy atom. The molecule has 0 fully saturated rings. The molecule has 1 aliphatic rings. The van der Waals surface area contributed by atoms with Crippen molar-refractivity contribution < 1.29 is 4.42 Å². The van der Waals surface area contributed by atoms with Gasteiger partial charge in [-0.1, -0.05) is 142 Å². The molecule has 1 aliphatic carbocycles. The van der Waals surface area contributed by atoms with E-state index in [1.807, 2.05) is 12.1 Å². The SMILES string of the molecule is CC(C)(C)c1ccc(-c2nnc(-c3cccc(-c4nc(-c5ccccc5)c5c(c4-c4ccccc4)-c4cccc6cccc-5c46)c3)o2)cc1. The van der Waals surface area contributed by atoms with Crippen molar-refractivity contribution in [3.8, 4) is 78.8 Å². The molecule has 0 N–H and O–H groups in total. The van der Waals surface area contributed by atoms with Gasteiger partial charge in [-0.15, -0.1) is 10.2 Å². The van der Waals surface area contributed by atoms with Crippen LogP contribution in [0.4, 0.5) is 0 Å². The summed E-state index contributed by atoms with van der Waals surface area (Å²) in [5.41, 5.74) is 14.1. The van der Waals surface area contributed by atoms with Crippen molar-refractivity contribution in [1.29, 1.82) is 0 Å². The third-order valence-corrected chi connectivity index (χ3v) is 9.56. The molecular formula is C45H33N3O.